The maximum Gasteiger partial charge on any atom is 0.0920 e. The molecule has 1 aliphatic carbocycles. The molecule has 0 aromatic carbocycles. The zero-order valence-corrected chi connectivity index (χ0v) is 7.42. The predicted octanol–water partition coefficient (Wildman–Crippen LogP) is 2.97. The molecule has 64 valence electrons. The number of hydrogen-bond donors (Lipinski definition) is 0. The summed E-state index contributed by atoms with van der Waals surface area (Å²) in [6.45, 7) is 4.53. The molecular formula is C9H17NO. The first kappa shape index (κ1) is 8.69. The van der Waals surface area contributed by atoms with Crippen LogP contribution in [-0.2, 0) is 0 Å². The van der Waals surface area contributed by atoms with E-state index in [0.717, 1.165) is 24.7 Å². The van der Waals surface area contributed by atoms with Crippen LogP contribution >= 0.6 is 0 Å². The summed E-state index contributed by atoms with van der Waals surface area (Å²) < 4.78 is 0. The van der Waals surface area contributed by atoms with Gasteiger partial charge in [0.2, 0.25) is 0 Å². The summed E-state index contributed by atoms with van der Waals surface area (Å²) in [4.78, 5) is 10.2. The molecule has 0 aromatic rings. The predicted molar refractivity (Wildman–Crippen MR) is 46.4 cm³/mol. The highest BCUT2D eigenvalue weighted by Crippen LogP contribution is 2.30. The minimum atomic E-state index is 0.130. The topological polar surface area (TPSA) is 29.4 Å². The summed E-state index contributed by atoms with van der Waals surface area (Å²) in [6.07, 6.45) is 4.45. The Bertz CT molecular complexity index is 126. The Hall–Kier alpha value is -0.400. The molecule has 1 aliphatic rings. The Labute approximate surface area is 68.3 Å². The van der Waals surface area contributed by atoms with Crippen molar-refractivity contribution in [2.75, 3.05) is 0 Å². The smallest absolute Gasteiger partial charge is 0.0920 e. The summed E-state index contributed by atoms with van der Waals surface area (Å²) in [5, 5.41) is 3.09. The number of nitroso groups, excluding NO2 is 1. The van der Waals surface area contributed by atoms with Gasteiger partial charge in [-0.1, -0.05) is 19.0 Å². The van der Waals surface area contributed by atoms with Crippen molar-refractivity contribution in [1.29, 1.82) is 0 Å². The van der Waals surface area contributed by atoms with Crippen LogP contribution in [0.25, 0.3) is 0 Å². The van der Waals surface area contributed by atoms with Gasteiger partial charge in [0.05, 0.1) is 6.04 Å². The van der Waals surface area contributed by atoms with Gasteiger partial charge in [-0.2, -0.15) is 4.91 Å². The molecule has 0 aromatic heterocycles. The molecule has 0 bridgehead atoms. The van der Waals surface area contributed by atoms with Gasteiger partial charge in [-0.3, -0.25) is 0 Å². The molecule has 0 unspecified atom stereocenters. The van der Waals surface area contributed by atoms with E-state index < -0.39 is 0 Å². The molecule has 1 saturated carbocycles. The Morgan fingerprint density at radius 3 is 2.09 bits per heavy atom. The van der Waals surface area contributed by atoms with Gasteiger partial charge in [0.1, 0.15) is 0 Å². The third kappa shape index (κ3) is 2.28. The van der Waals surface area contributed by atoms with Crippen molar-refractivity contribution in [3.05, 3.63) is 4.91 Å². The first-order valence-corrected chi connectivity index (χ1v) is 4.56. The quantitative estimate of drug-likeness (QED) is 0.564. The molecule has 11 heavy (non-hydrogen) atoms. The van der Waals surface area contributed by atoms with Crippen molar-refractivity contribution in [2.45, 2.75) is 45.6 Å². The van der Waals surface area contributed by atoms with Gasteiger partial charge in [0.15, 0.2) is 0 Å². The van der Waals surface area contributed by atoms with Crippen molar-refractivity contribution < 1.29 is 0 Å². The number of hydrogen-bond acceptors (Lipinski definition) is 2. The molecule has 1 rings (SSSR count). The van der Waals surface area contributed by atoms with Crippen LogP contribution in [-0.4, -0.2) is 6.04 Å². The molecule has 0 aliphatic heterocycles. The lowest BCUT2D eigenvalue weighted by Crippen LogP contribution is -2.20. The molecule has 0 N–H and O–H groups in total. The SMILES string of the molecule is CC(C)C1CCC(N=O)CC1. The second kappa shape index (κ2) is 3.84. The Kier molecular flexibility index (Phi) is 3.03. The fourth-order valence-corrected chi connectivity index (χ4v) is 1.87. The van der Waals surface area contributed by atoms with E-state index in [4.69, 9.17) is 0 Å². The fourth-order valence-electron chi connectivity index (χ4n) is 1.87. The van der Waals surface area contributed by atoms with E-state index in [9.17, 15) is 4.91 Å². The molecule has 0 atom stereocenters. The first-order chi connectivity index (χ1) is 5.24. The minimum Gasteiger partial charge on any atom is -0.151 e. The lowest BCUT2D eigenvalue weighted by Gasteiger charge is -2.27. The van der Waals surface area contributed by atoms with Gasteiger partial charge in [0.25, 0.3) is 0 Å². The van der Waals surface area contributed by atoms with Gasteiger partial charge in [-0.25, -0.2) is 0 Å². The second-order valence-corrected chi connectivity index (χ2v) is 3.92. The van der Waals surface area contributed by atoms with Crippen LogP contribution in [0.2, 0.25) is 0 Å². The van der Waals surface area contributed by atoms with Crippen LogP contribution in [0, 0.1) is 16.7 Å². The maximum absolute atomic E-state index is 10.2. The Morgan fingerprint density at radius 2 is 1.73 bits per heavy atom. The molecular weight excluding hydrogens is 138 g/mol. The van der Waals surface area contributed by atoms with Crippen LogP contribution in [0.4, 0.5) is 0 Å². The Morgan fingerprint density at radius 1 is 1.18 bits per heavy atom. The normalized spacial score (nSPS) is 32.3. The average molecular weight is 155 g/mol. The van der Waals surface area contributed by atoms with Crippen molar-refractivity contribution in [3.8, 4) is 0 Å². The third-order valence-corrected chi connectivity index (χ3v) is 2.83. The first-order valence-electron chi connectivity index (χ1n) is 4.56. The summed E-state index contributed by atoms with van der Waals surface area (Å²) in [5.74, 6) is 1.62. The number of rotatable bonds is 2. The lowest BCUT2D eigenvalue weighted by molar-refractivity contribution is 0.260. The molecule has 0 radical (unpaired) electrons. The van der Waals surface area contributed by atoms with Gasteiger partial charge < -0.3 is 0 Å². The highest BCUT2D eigenvalue weighted by Gasteiger charge is 2.23. The van der Waals surface area contributed by atoms with E-state index in [1.807, 2.05) is 0 Å². The van der Waals surface area contributed by atoms with Gasteiger partial charge in [-0.15, -0.1) is 0 Å². The summed E-state index contributed by atoms with van der Waals surface area (Å²) in [6, 6.07) is 0.130. The molecule has 1 fully saturated rings. The van der Waals surface area contributed by atoms with Gasteiger partial charge in [-0.05, 0) is 37.5 Å². The molecule has 0 saturated heterocycles. The van der Waals surface area contributed by atoms with E-state index in [0.29, 0.717) is 0 Å². The van der Waals surface area contributed by atoms with E-state index in [1.165, 1.54) is 12.8 Å². The zero-order chi connectivity index (χ0) is 8.27. The summed E-state index contributed by atoms with van der Waals surface area (Å²) in [5.41, 5.74) is 0. The van der Waals surface area contributed by atoms with E-state index in [1.54, 1.807) is 0 Å². The molecule has 0 spiro atoms. The second-order valence-electron chi connectivity index (χ2n) is 3.92. The van der Waals surface area contributed by atoms with Crippen LogP contribution < -0.4 is 0 Å². The van der Waals surface area contributed by atoms with Crippen LogP contribution in [0.3, 0.4) is 0 Å². The zero-order valence-electron chi connectivity index (χ0n) is 7.42. The largest absolute Gasteiger partial charge is 0.151 e. The third-order valence-electron chi connectivity index (χ3n) is 2.83. The van der Waals surface area contributed by atoms with Crippen molar-refractivity contribution >= 4 is 0 Å². The highest BCUT2D eigenvalue weighted by molar-refractivity contribution is 4.77. The molecule has 2 nitrogen and oxygen atoms in total. The molecule has 0 heterocycles. The van der Waals surface area contributed by atoms with Crippen LogP contribution in [0.5, 0.6) is 0 Å². The van der Waals surface area contributed by atoms with Crippen molar-refractivity contribution in [1.82, 2.24) is 0 Å². The van der Waals surface area contributed by atoms with Gasteiger partial charge in [0, 0.05) is 0 Å². The standard InChI is InChI=1S/C9H17NO/c1-7(2)8-3-5-9(10-11)6-4-8/h7-9H,3-6H2,1-2H3. The Balaban J connectivity index is 2.29. The van der Waals surface area contributed by atoms with E-state index in [-0.39, 0.29) is 6.04 Å². The van der Waals surface area contributed by atoms with Crippen LogP contribution in [0.1, 0.15) is 39.5 Å². The maximum atomic E-state index is 10.2. The summed E-state index contributed by atoms with van der Waals surface area (Å²) >= 11 is 0. The summed E-state index contributed by atoms with van der Waals surface area (Å²) in [7, 11) is 0. The van der Waals surface area contributed by atoms with Crippen molar-refractivity contribution in [2.24, 2.45) is 17.0 Å². The van der Waals surface area contributed by atoms with Gasteiger partial charge >= 0.3 is 0 Å². The van der Waals surface area contributed by atoms with Crippen molar-refractivity contribution in [3.63, 3.8) is 0 Å². The fraction of sp³-hybridized carbons (Fsp3) is 1.00. The van der Waals surface area contributed by atoms with E-state index >= 15 is 0 Å². The lowest BCUT2D eigenvalue weighted by atomic mass is 9.80. The molecule has 2 heteroatoms. The molecule has 0 amide bonds. The average Bonchev–Trinajstić information content (AvgIpc) is 2.05. The monoisotopic (exact) mass is 155 g/mol. The van der Waals surface area contributed by atoms with Crippen LogP contribution in [0.15, 0.2) is 5.18 Å². The highest BCUT2D eigenvalue weighted by atomic mass is 16.3. The van der Waals surface area contributed by atoms with E-state index in [2.05, 4.69) is 19.0 Å². The minimum absolute atomic E-state index is 0.130. The number of nitrogens with zero attached hydrogens (tertiary/aromatic N) is 1.